The zero-order valence-corrected chi connectivity index (χ0v) is 12.4. The van der Waals surface area contributed by atoms with Crippen LogP contribution in [-0.2, 0) is 0 Å². The van der Waals surface area contributed by atoms with E-state index in [0.717, 1.165) is 14.3 Å². The Bertz CT molecular complexity index is 601. The molecule has 0 spiro atoms. The van der Waals surface area contributed by atoms with Crippen molar-refractivity contribution in [2.75, 3.05) is 0 Å². The Morgan fingerprint density at radius 1 is 1.17 bits per heavy atom. The second-order valence-electron chi connectivity index (χ2n) is 3.59. The maximum Gasteiger partial charge on any atom is 0.122 e. The summed E-state index contributed by atoms with van der Waals surface area (Å²) in [6.45, 7) is 0. The molecule has 0 radical (unpaired) electrons. The van der Waals surface area contributed by atoms with Crippen LogP contribution in [0.1, 0.15) is 5.56 Å². The van der Waals surface area contributed by atoms with Crippen LogP contribution in [0.15, 0.2) is 56.7 Å². The highest BCUT2D eigenvalue weighted by Crippen LogP contribution is 2.37. The number of amidine groups is 1. The van der Waals surface area contributed by atoms with Crippen LogP contribution in [0.5, 0.6) is 0 Å². The zero-order valence-electron chi connectivity index (χ0n) is 9.28. The third kappa shape index (κ3) is 3.07. The van der Waals surface area contributed by atoms with E-state index in [0.29, 0.717) is 10.6 Å². The van der Waals surface area contributed by atoms with Gasteiger partial charge in [0, 0.05) is 19.8 Å². The second-order valence-corrected chi connectivity index (χ2v) is 5.94. The Kier molecular flexibility index (Phi) is 4.32. The van der Waals surface area contributed by atoms with Gasteiger partial charge in [-0.15, -0.1) is 0 Å². The van der Waals surface area contributed by atoms with Gasteiger partial charge in [-0.2, -0.15) is 0 Å². The van der Waals surface area contributed by atoms with Crippen molar-refractivity contribution >= 4 is 45.1 Å². The molecule has 0 saturated heterocycles. The predicted molar refractivity (Wildman–Crippen MR) is 80.7 cm³/mol. The van der Waals surface area contributed by atoms with Gasteiger partial charge in [-0.3, -0.25) is 5.41 Å². The maximum absolute atomic E-state index is 7.36. The lowest BCUT2D eigenvalue weighted by Gasteiger charge is -2.07. The van der Waals surface area contributed by atoms with E-state index in [-0.39, 0.29) is 5.84 Å². The molecule has 2 aromatic rings. The number of nitrogens with one attached hydrogen (secondary N) is 1. The summed E-state index contributed by atoms with van der Waals surface area (Å²) in [6.07, 6.45) is 0. The summed E-state index contributed by atoms with van der Waals surface area (Å²) < 4.78 is 1.03. The standard InChI is InChI=1S/C13H10BrClN2S/c14-9-3-1-2-4-11(9)18-12-6-5-8(13(16)17)7-10(12)15/h1-7H,(H3,16,17). The van der Waals surface area contributed by atoms with Crippen molar-refractivity contribution in [3.05, 3.63) is 57.5 Å². The monoisotopic (exact) mass is 340 g/mol. The highest BCUT2D eigenvalue weighted by Gasteiger charge is 2.07. The lowest BCUT2D eigenvalue weighted by atomic mass is 10.2. The molecule has 0 atom stereocenters. The third-order valence-electron chi connectivity index (χ3n) is 2.30. The zero-order chi connectivity index (χ0) is 13.1. The molecule has 0 saturated carbocycles. The van der Waals surface area contributed by atoms with Crippen LogP contribution in [0.3, 0.4) is 0 Å². The Morgan fingerprint density at radius 3 is 2.50 bits per heavy atom. The molecule has 5 heteroatoms. The van der Waals surface area contributed by atoms with E-state index in [1.165, 1.54) is 0 Å². The molecule has 3 N–H and O–H groups in total. The van der Waals surface area contributed by atoms with E-state index in [1.54, 1.807) is 23.9 Å². The molecule has 2 aromatic carbocycles. The molecule has 0 bridgehead atoms. The number of benzene rings is 2. The first kappa shape index (κ1) is 13.5. The lowest BCUT2D eigenvalue weighted by molar-refractivity contribution is 1.36. The number of nitrogen functional groups attached to an aromatic ring is 1. The van der Waals surface area contributed by atoms with Gasteiger partial charge < -0.3 is 5.73 Å². The quantitative estimate of drug-likeness (QED) is 0.636. The molecule has 18 heavy (non-hydrogen) atoms. The molecular weight excluding hydrogens is 332 g/mol. The fourth-order valence-corrected chi connectivity index (χ4v) is 3.06. The van der Waals surface area contributed by atoms with Crippen molar-refractivity contribution in [2.45, 2.75) is 9.79 Å². The first-order chi connectivity index (χ1) is 8.58. The minimum Gasteiger partial charge on any atom is -0.384 e. The SMILES string of the molecule is N=C(N)c1ccc(Sc2ccccc2Br)c(Cl)c1. The van der Waals surface area contributed by atoms with E-state index < -0.39 is 0 Å². The van der Waals surface area contributed by atoms with Gasteiger partial charge in [0.2, 0.25) is 0 Å². The molecule has 0 amide bonds. The topological polar surface area (TPSA) is 49.9 Å². The molecule has 2 rings (SSSR count). The predicted octanol–water partition coefficient (Wildman–Crippen LogP) is 4.54. The summed E-state index contributed by atoms with van der Waals surface area (Å²) in [5, 5.41) is 7.96. The van der Waals surface area contributed by atoms with Crippen molar-refractivity contribution in [2.24, 2.45) is 5.73 Å². The first-order valence-corrected chi connectivity index (χ1v) is 7.13. The minimum absolute atomic E-state index is 0.0225. The third-order valence-corrected chi connectivity index (χ3v) is 4.83. The number of rotatable bonds is 3. The summed E-state index contributed by atoms with van der Waals surface area (Å²) in [5.41, 5.74) is 6.06. The Morgan fingerprint density at radius 2 is 1.89 bits per heavy atom. The number of hydrogen-bond donors (Lipinski definition) is 2. The highest BCUT2D eigenvalue weighted by molar-refractivity contribution is 9.10. The molecule has 0 heterocycles. The van der Waals surface area contributed by atoms with E-state index in [4.69, 9.17) is 22.7 Å². The Labute approximate surface area is 123 Å². The largest absolute Gasteiger partial charge is 0.384 e. The molecule has 0 aliphatic carbocycles. The van der Waals surface area contributed by atoms with Gasteiger partial charge in [-0.05, 0) is 40.2 Å². The summed E-state index contributed by atoms with van der Waals surface area (Å²) in [6, 6.07) is 13.3. The molecule has 0 aliphatic rings. The van der Waals surface area contributed by atoms with Gasteiger partial charge in [0.15, 0.2) is 0 Å². The molecule has 2 nitrogen and oxygen atoms in total. The fraction of sp³-hybridized carbons (Fsp3) is 0. The van der Waals surface area contributed by atoms with E-state index in [2.05, 4.69) is 15.9 Å². The van der Waals surface area contributed by atoms with Gasteiger partial charge in [0.1, 0.15) is 5.84 Å². The van der Waals surface area contributed by atoms with Crippen LogP contribution in [-0.4, -0.2) is 5.84 Å². The second kappa shape index (κ2) is 5.78. The molecule has 0 aliphatic heterocycles. The molecule has 0 aromatic heterocycles. The summed E-state index contributed by atoms with van der Waals surface area (Å²) in [5.74, 6) is 0.0225. The van der Waals surface area contributed by atoms with Gasteiger partial charge >= 0.3 is 0 Å². The van der Waals surface area contributed by atoms with Gasteiger partial charge in [0.05, 0.1) is 5.02 Å². The Hall–Kier alpha value is -0.970. The minimum atomic E-state index is 0.0225. The smallest absolute Gasteiger partial charge is 0.122 e. The van der Waals surface area contributed by atoms with Crippen LogP contribution < -0.4 is 5.73 Å². The van der Waals surface area contributed by atoms with Crippen LogP contribution in [0.25, 0.3) is 0 Å². The molecular formula is C13H10BrClN2S. The maximum atomic E-state index is 7.36. The fourth-order valence-electron chi connectivity index (χ4n) is 1.40. The summed E-state index contributed by atoms with van der Waals surface area (Å²) in [7, 11) is 0. The van der Waals surface area contributed by atoms with Crippen molar-refractivity contribution in [1.29, 1.82) is 5.41 Å². The highest BCUT2D eigenvalue weighted by atomic mass is 79.9. The first-order valence-electron chi connectivity index (χ1n) is 5.14. The van der Waals surface area contributed by atoms with Crippen molar-refractivity contribution < 1.29 is 0 Å². The molecule has 0 unspecified atom stereocenters. The van der Waals surface area contributed by atoms with Crippen LogP contribution in [0.4, 0.5) is 0 Å². The van der Waals surface area contributed by atoms with Gasteiger partial charge in [-0.1, -0.05) is 41.6 Å². The average Bonchev–Trinajstić information content (AvgIpc) is 2.34. The van der Waals surface area contributed by atoms with E-state index >= 15 is 0 Å². The van der Waals surface area contributed by atoms with Crippen LogP contribution >= 0.6 is 39.3 Å². The van der Waals surface area contributed by atoms with Crippen molar-refractivity contribution in [1.82, 2.24) is 0 Å². The summed E-state index contributed by atoms with van der Waals surface area (Å²) in [4.78, 5) is 2.03. The van der Waals surface area contributed by atoms with E-state index in [1.807, 2.05) is 30.3 Å². The van der Waals surface area contributed by atoms with Gasteiger partial charge in [0.25, 0.3) is 0 Å². The Balaban J connectivity index is 2.30. The average molecular weight is 342 g/mol. The van der Waals surface area contributed by atoms with E-state index in [9.17, 15) is 0 Å². The molecule has 0 fully saturated rings. The number of hydrogen-bond acceptors (Lipinski definition) is 2. The lowest BCUT2D eigenvalue weighted by Crippen LogP contribution is -2.10. The van der Waals surface area contributed by atoms with Crippen LogP contribution in [0.2, 0.25) is 5.02 Å². The molecule has 92 valence electrons. The normalized spacial score (nSPS) is 10.3. The number of halogens is 2. The summed E-state index contributed by atoms with van der Waals surface area (Å²) >= 11 is 11.3. The number of nitrogens with two attached hydrogens (primary N) is 1. The van der Waals surface area contributed by atoms with Crippen LogP contribution in [0, 0.1) is 5.41 Å². The van der Waals surface area contributed by atoms with Gasteiger partial charge in [-0.25, -0.2) is 0 Å². The van der Waals surface area contributed by atoms with Crippen molar-refractivity contribution in [3.63, 3.8) is 0 Å². The van der Waals surface area contributed by atoms with Crippen molar-refractivity contribution in [3.8, 4) is 0 Å².